The van der Waals surface area contributed by atoms with Gasteiger partial charge in [-0.3, -0.25) is 0 Å². The quantitative estimate of drug-likeness (QED) is 0.841. The molecule has 0 atom stereocenters. The van der Waals surface area contributed by atoms with Crippen molar-refractivity contribution in [2.24, 2.45) is 0 Å². The molecule has 0 radical (unpaired) electrons. The van der Waals surface area contributed by atoms with Gasteiger partial charge < -0.3 is 5.32 Å². The molecule has 1 aromatic rings. The van der Waals surface area contributed by atoms with Crippen LogP contribution in [0, 0.1) is 13.8 Å². The number of halogens is 1. The lowest BCUT2D eigenvalue weighted by molar-refractivity contribution is 0.262. The molecule has 22 heavy (non-hydrogen) atoms. The highest BCUT2D eigenvalue weighted by Crippen LogP contribution is 2.29. The summed E-state index contributed by atoms with van der Waals surface area (Å²) in [5.74, 6) is 0. The van der Waals surface area contributed by atoms with Crippen LogP contribution in [0.1, 0.15) is 37.3 Å². The summed E-state index contributed by atoms with van der Waals surface area (Å²) >= 11 is 3.47. The van der Waals surface area contributed by atoms with E-state index in [2.05, 4.69) is 21.2 Å². The van der Waals surface area contributed by atoms with E-state index in [0.717, 1.165) is 48.0 Å². The lowest BCUT2D eigenvalue weighted by atomic mass is 10.1. The van der Waals surface area contributed by atoms with Crippen molar-refractivity contribution in [3.63, 3.8) is 0 Å². The van der Waals surface area contributed by atoms with Gasteiger partial charge in [-0.1, -0.05) is 22.9 Å². The first kappa shape index (κ1) is 17.9. The van der Waals surface area contributed by atoms with Gasteiger partial charge in [-0.15, -0.1) is 0 Å². The van der Waals surface area contributed by atoms with Crippen LogP contribution < -0.4 is 5.32 Å². The highest BCUT2D eigenvalue weighted by molar-refractivity contribution is 9.10. The van der Waals surface area contributed by atoms with Crippen molar-refractivity contribution in [2.45, 2.75) is 51.0 Å². The molecule has 1 fully saturated rings. The highest BCUT2D eigenvalue weighted by atomic mass is 79.9. The molecule has 1 aliphatic heterocycles. The predicted octanol–water partition coefficient (Wildman–Crippen LogP) is 3.22. The number of piperidine rings is 1. The average molecular weight is 389 g/mol. The number of rotatable bonds is 5. The first-order valence-electron chi connectivity index (χ1n) is 7.87. The molecule has 0 bridgehead atoms. The Morgan fingerprint density at radius 2 is 1.86 bits per heavy atom. The number of benzene rings is 1. The van der Waals surface area contributed by atoms with Crippen molar-refractivity contribution in [3.05, 3.63) is 27.7 Å². The lowest BCUT2D eigenvalue weighted by Gasteiger charge is -2.34. The second-order valence-electron chi connectivity index (χ2n) is 5.96. The Kier molecular flexibility index (Phi) is 6.05. The van der Waals surface area contributed by atoms with Gasteiger partial charge in [-0.05, 0) is 69.5 Å². The Balaban J connectivity index is 2.42. The SMILES string of the molecule is CCCN(C1CCNCC1)S(=O)(=O)c1cc(C)c(Br)cc1C. The van der Waals surface area contributed by atoms with Crippen molar-refractivity contribution in [1.29, 1.82) is 0 Å². The summed E-state index contributed by atoms with van der Waals surface area (Å²) in [6.07, 6.45) is 2.60. The zero-order valence-electron chi connectivity index (χ0n) is 13.5. The Hall–Kier alpha value is -0.430. The van der Waals surface area contributed by atoms with Gasteiger partial charge in [-0.25, -0.2) is 8.42 Å². The smallest absolute Gasteiger partial charge is 0.243 e. The van der Waals surface area contributed by atoms with Crippen LogP contribution in [-0.2, 0) is 10.0 Å². The average Bonchev–Trinajstić information content (AvgIpc) is 2.49. The molecular weight excluding hydrogens is 364 g/mol. The van der Waals surface area contributed by atoms with Gasteiger partial charge in [0.25, 0.3) is 0 Å². The normalized spacial score (nSPS) is 17.1. The number of hydrogen-bond donors (Lipinski definition) is 1. The number of hydrogen-bond acceptors (Lipinski definition) is 3. The van der Waals surface area contributed by atoms with Gasteiger partial charge in [0.15, 0.2) is 0 Å². The lowest BCUT2D eigenvalue weighted by Crippen LogP contribution is -2.46. The van der Waals surface area contributed by atoms with Crippen LogP contribution >= 0.6 is 15.9 Å². The van der Waals surface area contributed by atoms with E-state index in [1.54, 1.807) is 10.4 Å². The number of nitrogens with one attached hydrogen (secondary N) is 1. The molecule has 0 unspecified atom stereocenters. The third kappa shape index (κ3) is 3.72. The fraction of sp³-hybridized carbons (Fsp3) is 0.625. The minimum Gasteiger partial charge on any atom is -0.317 e. The summed E-state index contributed by atoms with van der Waals surface area (Å²) in [4.78, 5) is 0.445. The Morgan fingerprint density at radius 1 is 1.23 bits per heavy atom. The number of sulfonamides is 1. The molecular formula is C16H25BrN2O2S. The van der Waals surface area contributed by atoms with E-state index in [0.29, 0.717) is 11.4 Å². The van der Waals surface area contributed by atoms with E-state index < -0.39 is 10.0 Å². The van der Waals surface area contributed by atoms with Gasteiger partial charge in [0.1, 0.15) is 0 Å². The molecule has 0 amide bonds. The highest BCUT2D eigenvalue weighted by Gasteiger charge is 2.32. The summed E-state index contributed by atoms with van der Waals surface area (Å²) in [5, 5.41) is 3.30. The Bertz CT molecular complexity index is 625. The molecule has 1 aromatic carbocycles. The van der Waals surface area contributed by atoms with E-state index in [9.17, 15) is 8.42 Å². The van der Waals surface area contributed by atoms with E-state index in [4.69, 9.17) is 0 Å². The van der Waals surface area contributed by atoms with Crippen molar-refractivity contribution < 1.29 is 8.42 Å². The Labute approximate surface area is 142 Å². The van der Waals surface area contributed by atoms with Crippen molar-refractivity contribution in [1.82, 2.24) is 9.62 Å². The molecule has 0 spiro atoms. The minimum absolute atomic E-state index is 0.106. The van der Waals surface area contributed by atoms with Crippen LogP contribution in [0.5, 0.6) is 0 Å². The molecule has 0 saturated carbocycles. The maximum atomic E-state index is 13.2. The molecule has 124 valence electrons. The van der Waals surface area contributed by atoms with Crippen LogP contribution in [0.3, 0.4) is 0 Å². The zero-order chi connectivity index (χ0) is 16.3. The Morgan fingerprint density at radius 3 is 2.45 bits per heavy atom. The van der Waals surface area contributed by atoms with Crippen LogP contribution in [0.15, 0.2) is 21.5 Å². The molecule has 0 aliphatic carbocycles. The molecule has 4 nitrogen and oxygen atoms in total. The second-order valence-corrected chi connectivity index (χ2v) is 8.68. The maximum Gasteiger partial charge on any atom is 0.243 e. The van der Waals surface area contributed by atoms with Crippen molar-refractivity contribution in [2.75, 3.05) is 19.6 Å². The topological polar surface area (TPSA) is 49.4 Å². The number of nitrogens with zero attached hydrogens (tertiary/aromatic N) is 1. The third-order valence-corrected chi connectivity index (χ3v) is 7.15. The van der Waals surface area contributed by atoms with Gasteiger partial charge >= 0.3 is 0 Å². The summed E-state index contributed by atoms with van der Waals surface area (Å²) in [5.41, 5.74) is 1.75. The van der Waals surface area contributed by atoms with Crippen molar-refractivity contribution >= 4 is 26.0 Å². The number of aryl methyl sites for hydroxylation is 2. The summed E-state index contributed by atoms with van der Waals surface area (Å²) in [7, 11) is -3.45. The fourth-order valence-electron chi connectivity index (χ4n) is 2.97. The van der Waals surface area contributed by atoms with Gasteiger partial charge in [0.2, 0.25) is 10.0 Å². The maximum absolute atomic E-state index is 13.2. The first-order chi connectivity index (χ1) is 10.4. The van der Waals surface area contributed by atoms with Crippen LogP contribution in [0.4, 0.5) is 0 Å². The van der Waals surface area contributed by atoms with Crippen LogP contribution in [0.2, 0.25) is 0 Å². The molecule has 0 aromatic heterocycles. The fourth-order valence-corrected chi connectivity index (χ4v) is 5.50. The third-order valence-electron chi connectivity index (χ3n) is 4.20. The molecule has 1 heterocycles. The van der Waals surface area contributed by atoms with E-state index in [1.807, 2.05) is 26.8 Å². The van der Waals surface area contributed by atoms with E-state index in [-0.39, 0.29) is 6.04 Å². The van der Waals surface area contributed by atoms with Crippen LogP contribution in [0.25, 0.3) is 0 Å². The molecule has 1 saturated heterocycles. The zero-order valence-corrected chi connectivity index (χ0v) is 15.9. The standard InChI is InChI=1S/C16H25BrN2O2S/c1-4-9-19(14-5-7-18-8-6-14)22(20,21)16-11-12(2)15(17)10-13(16)3/h10-11,14,18H,4-9H2,1-3H3. The van der Waals surface area contributed by atoms with Gasteiger partial charge in [0.05, 0.1) is 4.90 Å². The summed E-state index contributed by atoms with van der Waals surface area (Å²) in [6.45, 7) is 8.18. The second kappa shape index (κ2) is 7.43. The van der Waals surface area contributed by atoms with Crippen molar-refractivity contribution in [3.8, 4) is 0 Å². The summed E-state index contributed by atoms with van der Waals surface area (Å²) < 4.78 is 29.1. The summed E-state index contributed by atoms with van der Waals surface area (Å²) in [6, 6.07) is 3.79. The van der Waals surface area contributed by atoms with Gasteiger partial charge in [-0.2, -0.15) is 4.31 Å². The molecule has 2 rings (SSSR count). The van der Waals surface area contributed by atoms with Crippen LogP contribution in [-0.4, -0.2) is 38.4 Å². The predicted molar refractivity (Wildman–Crippen MR) is 93.7 cm³/mol. The molecule has 1 N–H and O–H groups in total. The largest absolute Gasteiger partial charge is 0.317 e. The van der Waals surface area contributed by atoms with Gasteiger partial charge in [0, 0.05) is 17.1 Å². The molecule has 1 aliphatic rings. The van der Waals surface area contributed by atoms with E-state index >= 15 is 0 Å². The minimum atomic E-state index is -3.45. The first-order valence-corrected chi connectivity index (χ1v) is 10.1. The monoisotopic (exact) mass is 388 g/mol. The molecule has 6 heteroatoms. The van der Waals surface area contributed by atoms with E-state index in [1.165, 1.54) is 0 Å².